The molecule has 2 N–H and O–H groups in total. The second-order valence-electron chi connectivity index (χ2n) is 2.97. The fourth-order valence-electron chi connectivity index (χ4n) is 1.39. The molecule has 0 radical (unpaired) electrons. The zero-order chi connectivity index (χ0) is 9.26. The van der Waals surface area contributed by atoms with Crippen molar-refractivity contribution in [1.82, 2.24) is 4.98 Å². The third-order valence-electron chi connectivity index (χ3n) is 1.97. The van der Waals surface area contributed by atoms with Crippen LogP contribution < -0.4 is 0 Å². The zero-order valence-corrected chi connectivity index (χ0v) is 6.95. The summed E-state index contributed by atoms with van der Waals surface area (Å²) < 4.78 is 0. The number of aromatic amines is 1. The minimum Gasteiger partial charge on any atom is -0.481 e. The van der Waals surface area contributed by atoms with Crippen molar-refractivity contribution in [3.8, 4) is 0 Å². The number of rotatable bonds is 2. The second kappa shape index (κ2) is 2.94. The summed E-state index contributed by atoms with van der Waals surface area (Å²) in [6.07, 6.45) is 1.93. The number of fused-ring (bicyclic) bond motifs is 1. The van der Waals surface area contributed by atoms with Crippen molar-refractivity contribution in [3.05, 3.63) is 36.0 Å². The first-order valence-electron chi connectivity index (χ1n) is 4.03. The summed E-state index contributed by atoms with van der Waals surface area (Å²) in [6, 6.07) is 7.54. The number of aromatic nitrogens is 1. The minimum atomic E-state index is -0.796. The topological polar surface area (TPSA) is 53.1 Å². The lowest BCUT2D eigenvalue weighted by Gasteiger charge is -1.96. The van der Waals surface area contributed by atoms with E-state index >= 15 is 0 Å². The van der Waals surface area contributed by atoms with Crippen LogP contribution in [-0.2, 0) is 11.2 Å². The minimum absolute atomic E-state index is 0.0844. The molecule has 1 heterocycles. The van der Waals surface area contributed by atoms with Crippen LogP contribution in [0.3, 0.4) is 0 Å². The summed E-state index contributed by atoms with van der Waals surface area (Å²) in [4.78, 5) is 13.5. The first-order valence-corrected chi connectivity index (χ1v) is 4.03. The van der Waals surface area contributed by atoms with Crippen LogP contribution in [-0.4, -0.2) is 16.1 Å². The fourth-order valence-corrected chi connectivity index (χ4v) is 1.39. The molecule has 2 rings (SSSR count). The van der Waals surface area contributed by atoms with E-state index < -0.39 is 5.97 Å². The molecule has 66 valence electrons. The number of nitrogens with one attached hydrogen (secondary N) is 1. The number of hydrogen-bond donors (Lipinski definition) is 2. The average Bonchev–Trinajstić information content (AvgIpc) is 2.49. The normalized spacial score (nSPS) is 10.5. The van der Waals surface area contributed by atoms with Gasteiger partial charge in [-0.25, -0.2) is 0 Å². The van der Waals surface area contributed by atoms with E-state index in [9.17, 15) is 4.79 Å². The molecule has 0 amide bonds. The van der Waals surface area contributed by atoms with Gasteiger partial charge in [0.05, 0.1) is 6.42 Å². The Bertz CT molecular complexity index is 445. The molecule has 0 spiro atoms. The maximum Gasteiger partial charge on any atom is 0.307 e. The van der Waals surface area contributed by atoms with Gasteiger partial charge in [0.15, 0.2) is 0 Å². The van der Waals surface area contributed by atoms with Crippen molar-refractivity contribution in [3.63, 3.8) is 0 Å². The SMILES string of the molecule is O=C(O)Cc1ccc2[nH]ccc2c1. The van der Waals surface area contributed by atoms with Crippen molar-refractivity contribution < 1.29 is 9.90 Å². The molecule has 1 aromatic carbocycles. The average molecular weight is 175 g/mol. The van der Waals surface area contributed by atoms with Gasteiger partial charge in [-0.15, -0.1) is 0 Å². The number of carboxylic acids is 1. The number of aliphatic carboxylic acids is 1. The van der Waals surface area contributed by atoms with E-state index in [4.69, 9.17) is 5.11 Å². The largest absolute Gasteiger partial charge is 0.481 e. The highest BCUT2D eigenvalue weighted by molar-refractivity contribution is 5.81. The van der Waals surface area contributed by atoms with Crippen molar-refractivity contribution in [2.75, 3.05) is 0 Å². The summed E-state index contributed by atoms with van der Waals surface area (Å²) >= 11 is 0. The zero-order valence-electron chi connectivity index (χ0n) is 6.95. The van der Waals surface area contributed by atoms with Crippen LogP contribution in [0.4, 0.5) is 0 Å². The maximum atomic E-state index is 10.4. The lowest BCUT2D eigenvalue weighted by atomic mass is 10.1. The Morgan fingerprint density at radius 1 is 1.38 bits per heavy atom. The van der Waals surface area contributed by atoms with E-state index in [2.05, 4.69) is 4.98 Å². The monoisotopic (exact) mass is 175 g/mol. The Morgan fingerprint density at radius 2 is 2.23 bits per heavy atom. The molecule has 2 aromatic rings. The first kappa shape index (κ1) is 7.86. The van der Waals surface area contributed by atoms with Gasteiger partial charge < -0.3 is 10.1 Å². The molecule has 0 aliphatic carbocycles. The third-order valence-corrected chi connectivity index (χ3v) is 1.97. The van der Waals surface area contributed by atoms with E-state index in [-0.39, 0.29) is 6.42 Å². The summed E-state index contributed by atoms with van der Waals surface area (Å²) in [5, 5.41) is 9.64. The molecular weight excluding hydrogens is 166 g/mol. The second-order valence-corrected chi connectivity index (χ2v) is 2.97. The van der Waals surface area contributed by atoms with Gasteiger partial charge in [-0.3, -0.25) is 4.79 Å². The Kier molecular flexibility index (Phi) is 1.77. The molecule has 0 unspecified atom stereocenters. The molecule has 0 saturated carbocycles. The number of benzene rings is 1. The predicted octanol–water partition coefficient (Wildman–Crippen LogP) is 1.79. The molecule has 0 saturated heterocycles. The van der Waals surface area contributed by atoms with E-state index in [1.807, 2.05) is 30.5 Å². The third kappa shape index (κ3) is 1.54. The van der Waals surface area contributed by atoms with E-state index in [0.717, 1.165) is 16.5 Å². The van der Waals surface area contributed by atoms with Gasteiger partial charge in [-0.2, -0.15) is 0 Å². The smallest absolute Gasteiger partial charge is 0.307 e. The van der Waals surface area contributed by atoms with Gasteiger partial charge in [-0.1, -0.05) is 6.07 Å². The highest BCUT2D eigenvalue weighted by atomic mass is 16.4. The van der Waals surface area contributed by atoms with Crippen LogP contribution in [0.1, 0.15) is 5.56 Å². The lowest BCUT2D eigenvalue weighted by Crippen LogP contribution is -1.99. The van der Waals surface area contributed by atoms with Gasteiger partial charge in [0, 0.05) is 11.7 Å². The number of carboxylic acid groups (broad SMARTS) is 1. The highest BCUT2D eigenvalue weighted by Crippen LogP contribution is 2.14. The van der Waals surface area contributed by atoms with Crippen LogP contribution in [0.15, 0.2) is 30.5 Å². The van der Waals surface area contributed by atoms with Crippen molar-refractivity contribution >= 4 is 16.9 Å². The Hall–Kier alpha value is -1.77. The van der Waals surface area contributed by atoms with Gasteiger partial charge in [0.1, 0.15) is 0 Å². The summed E-state index contributed by atoms with van der Waals surface area (Å²) in [7, 11) is 0. The molecule has 1 aromatic heterocycles. The number of hydrogen-bond acceptors (Lipinski definition) is 1. The Labute approximate surface area is 75.0 Å². The Balaban J connectivity index is 2.42. The van der Waals surface area contributed by atoms with E-state index in [0.29, 0.717) is 0 Å². The fraction of sp³-hybridized carbons (Fsp3) is 0.100. The predicted molar refractivity (Wildman–Crippen MR) is 49.6 cm³/mol. The summed E-state index contributed by atoms with van der Waals surface area (Å²) in [6.45, 7) is 0. The van der Waals surface area contributed by atoms with Crippen LogP contribution >= 0.6 is 0 Å². The number of carbonyl (C=O) groups is 1. The molecule has 13 heavy (non-hydrogen) atoms. The van der Waals surface area contributed by atoms with Crippen molar-refractivity contribution in [1.29, 1.82) is 0 Å². The van der Waals surface area contributed by atoms with Gasteiger partial charge in [-0.05, 0) is 29.1 Å². The molecule has 3 heteroatoms. The first-order chi connectivity index (χ1) is 6.25. The van der Waals surface area contributed by atoms with Crippen LogP contribution in [0.2, 0.25) is 0 Å². The van der Waals surface area contributed by atoms with Crippen LogP contribution in [0, 0.1) is 0 Å². The molecule has 0 atom stereocenters. The van der Waals surface area contributed by atoms with E-state index in [1.165, 1.54) is 0 Å². The quantitative estimate of drug-likeness (QED) is 0.731. The lowest BCUT2D eigenvalue weighted by molar-refractivity contribution is -0.136. The molecule has 3 nitrogen and oxygen atoms in total. The van der Waals surface area contributed by atoms with Crippen molar-refractivity contribution in [2.24, 2.45) is 0 Å². The molecular formula is C10H9NO2. The molecule has 0 aliphatic heterocycles. The maximum absolute atomic E-state index is 10.4. The summed E-state index contributed by atoms with van der Waals surface area (Å²) in [5.74, 6) is -0.796. The molecule has 0 aliphatic rings. The number of H-pyrrole nitrogens is 1. The van der Waals surface area contributed by atoms with Gasteiger partial charge in [0.25, 0.3) is 0 Å². The highest BCUT2D eigenvalue weighted by Gasteiger charge is 2.01. The van der Waals surface area contributed by atoms with Crippen LogP contribution in [0.5, 0.6) is 0 Å². The molecule has 0 bridgehead atoms. The van der Waals surface area contributed by atoms with Gasteiger partial charge in [0.2, 0.25) is 0 Å². The van der Waals surface area contributed by atoms with E-state index in [1.54, 1.807) is 0 Å². The van der Waals surface area contributed by atoms with Gasteiger partial charge >= 0.3 is 5.97 Å². The van der Waals surface area contributed by atoms with Crippen LogP contribution in [0.25, 0.3) is 10.9 Å². The summed E-state index contributed by atoms with van der Waals surface area (Å²) in [5.41, 5.74) is 1.87. The standard InChI is InChI=1S/C10H9NO2/c12-10(13)6-7-1-2-9-8(5-7)3-4-11-9/h1-5,11H,6H2,(H,12,13). The van der Waals surface area contributed by atoms with Crippen molar-refractivity contribution in [2.45, 2.75) is 6.42 Å². The molecule has 0 fully saturated rings. The Morgan fingerprint density at radius 3 is 3.00 bits per heavy atom.